The Morgan fingerprint density at radius 3 is 2.85 bits per heavy atom. The standard InChI is InChI=1S/C11H23NS/c1-3-10-5-4-6-11(7-10)13-9(2)8-12/h9-11H,3-8,12H2,1-2H3. The van der Waals surface area contributed by atoms with Gasteiger partial charge in [0, 0.05) is 17.0 Å². The highest BCUT2D eigenvalue weighted by Gasteiger charge is 2.22. The van der Waals surface area contributed by atoms with E-state index in [1.807, 2.05) is 0 Å². The average Bonchev–Trinajstić information content (AvgIpc) is 2.18. The molecule has 3 unspecified atom stereocenters. The molecule has 1 rings (SSSR count). The molecule has 0 radical (unpaired) electrons. The number of thioether (sulfide) groups is 1. The van der Waals surface area contributed by atoms with Crippen LogP contribution in [0.25, 0.3) is 0 Å². The molecule has 1 saturated carbocycles. The van der Waals surface area contributed by atoms with E-state index in [1.54, 1.807) is 0 Å². The molecule has 1 aliphatic carbocycles. The lowest BCUT2D eigenvalue weighted by atomic mass is 9.87. The van der Waals surface area contributed by atoms with Crippen molar-refractivity contribution in [1.29, 1.82) is 0 Å². The van der Waals surface area contributed by atoms with Gasteiger partial charge >= 0.3 is 0 Å². The molecule has 13 heavy (non-hydrogen) atoms. The van der Waals surface area contributed by atoms with E-state index in [1.165, 1.54) is 32.1 Å². The van der Waals surface area contributed by atoms with Crippen LogP contribution in [0.1, 0.15) is 46.0 Å². The van der Waals surface area contributed by atoms with Crippen molar-refractivity contribution < 1.29 is 0 Å². The minimum absolute atomic E-state index is 0.653. The molecule has 1 nitrogen and oxygen atoms in total. The van der Waals surface area contributed by atoms with Crippen molar-refractivity contribution in [1.82, 2.24) is 0 Å². The van der Waals surface area contributed by atoms with Crippen LogP contribution in [0.2, 0.25) is 0 Å². The maximum Gasteiger partial charge on any atom is 0.0144 e. The largest absolute Gasteiger partial charge is 0.329 e. The van der Waals surface area contributed by atoms with Crippen LogP contribution >= 0.6 is 11.8 Å². The average molecular weight is 201 g/mol. The van der Waals surface area contributed by atoms with Crippen LogP contribution in [0.5, 0.6) is 0 Å². The van der Waals surface area contributed by atoms with Crippen molar-refractivity contribution in [3.63, 3.8) is 0 Å². The zero-order valence-electron chi connectivity index (χ0n) is 8.96. The number of rotatable bonds is 4. The summed E-state index contributed by atoms with van der Waals surface area (Å²) in [6.45, 7) is 5.41. The van der Waals surface area contributed by atoms with Gasteiger partial charge in [-0.3, -0.25) is 0 Å². The third kappa shape index (κ3) is 3.90. The summed E-state index contributed by atoms with van der Waals surface area (Å²) >= 11 is 2.11. The fourth-order valence-corrected chi connectivity index (χ4v) is 3.57. The first kappa shape index (κ1) is 11.4. The SMILES string of the molecule is CCC1CCCC(SC(C)CN)C1. The first-order valence-corrected chi connectivity index (χ1v) is 6.56. The molecule has 1 aliphatic rings. The molecule has 0 aromatic rings. The smallest absolute Gasteiger partial charge is 0.0144 e. The van der Waals surface area contributed by atoms with Crippen molar-refractivity contribution in [2.24, 2.45) is 11.7 Å². The lowest BCUT2D eigenvalue weighted by Crippen LogP contribution is -2.22. The predicted octanol–water partition coefficient (Wildman–Crippen LogP) is 3.04. The van der Waals surface area contributed by atoms with E-state index in [2.05, 4.69) is 25.6 Å². The van der Waals surface area contributed by atoms with Crippen LogP contribution in [-0.2, 0) is 0 Å². The van der Waals surface area contributed by atoms with Crippen molar-refractivity contribution in [3.8, 4) is 0 Å². The Morgan fingerprint density at radius 1 is 1.46 bits per heavy atom. The highest BCUT2D eigenvalue weighted by Crippen LogP contribution is 2.35. The highest BCUT2D eigenvalue weighted by molar-refractivity contribution is 8.00. The van der Waals surface area contributed by atoms with E-state index in [-0.39, 0.29) is 0 Å². The number of hydrogen-bond donors (Lipinski definition) is 1. The van der Waals surface area contributed by atoms with Crippen LogP contribution in [0.3, 0.4) is 0 Å². The molecule has 0 bridgehead atoms. The molecule has 0 heterocycles. The Balaban J connectivity index is 2.25. The van der Waals surface area contributed by atoms with Gasteiger partial charge in [-0.2, -0.15) is 11.8 Å². The van der Waals surface area contributed by atoms with Gasteiger partial charge in [0.05, 0.1) is 0 Å². The molecule has 0 aromatic carbocycles. The molecule has 1 fully saturated rings. The Hall–Kier alpha value is 0.310. The fraction of sp³-hybridized carbons (Fsp3) is 1.00. The van der Waals surface area contributed by atoms with Gasteiger partial charge in [-0.05, 0) is 18.8 Å². The zero-order valence-corrected chi connectivity index (χ0v) is 9.78. The van der Waals surface area contributed by atoms with Crippen molar-refractivity contribution >= 4 is 11.8 Å². The Kier molecular flexibility index (Phi) is 5.18. The van der Waals surface area contributed by atoms with Gasteiger partial charge < -0.3 is 5.73 Å². The molecule has 2 N–H and O–H groups in total. The molecule has 0 amide bonds. The van der Waals surface area contributed by atoms with E-state index in [4.69, 9.17) is 5.73 Å². The summed E-state index contributed by atoms with van der Waals surface area (Å²) in [6.07, 6.45) is 7.13. The van der Waals surface area contributed by atoms with Crippen LogP contribution in [0.15, 0.2) is 0 Å². The lowest BCUT2D eigenvalue weighted by molar-refractivity contribution is 0.357. The molecule has 0 aromatic heterocycles. The maximum absolute atomic E-state index is 5.64. The molecule has 0 spiro atoms. The minimum Gasteiger partial charge on any atom is -0.329 e. The van der Waals surface area contributed by atoms with Gasteiger partial charge in [-0.1, -0.05) is 33.1 Å². The first-order valence-electron chi connectivity index (χ1n) is 5.61. The second-order valence-corrected chi connectivity index (χ2v) is 5.99. The second-order valence-electron chi connectivity index (χ2n) is 4.25. The Bertz CT molecular complexity index is 136. The fourth-order valence-electron chi connectivity index (χ4n) is 2.12. The molecule has 78 valence electrons. The van der Waals surface area contributed by atoms with Gasteiger partial charge in [-0.25, -0.2) is 0 Å². The summed E-state index contributed by atoms with van der Waals surface area (Å²) < 4.78 is 0. The van der Waals surface area contributed by atoms with E-state index in [0.29, 0.717) is 5.25 Å². The quantitative estimate of drug-likeness (QED) is 0.756. The van der Waals surface area contributed by atoms with Crippen LogP contribution in [-0.4, -0.2) is 17.0 Å². The molecular formula is C11H23NS. The van der Waals surface area contributed by atoms with E-state index >= 15 is 0 Å². The molecular weight excluding hydrogens is 178 g/mol. The van der Waals surface area contributed by atoms with Gasteiger partial charge in [0.1, 0.15) is 0 Å². The molecule has 3 atom stereocenters. The van der Waals surface area contributed by atoms with Crippen LogP contribution in [0, 0.1) is 5.92 Å². The van der Waals surface area contributed by atoms with E-state index in [0.717, 1.165) is 17.7 Å². The summed E-state index contributed by atoms with van der Waals surface area (Å²) in [4.78, 5) is 0. The normalized spacial score (nSPS) is 31.6. The highest BCUT2D eigenvalue weighted by atomic mass is 32.2. The van der Waals surface area contributed by atoms with Gasteiger partial charge in [0.25, 0.3) is 0 Å². The molecule has 0 saturated heterocycles. The monoisotopic (exact) mass is 201 g/mol. The van der Waals surface area contributed by atoms with E-state index < -0.39 is 0 Å². The van der Waals surface area contributed by atoms with E-state index in [9.17, 15) is 0 Å². The Morgan fingerprint density at radius 2 is 2.23 bits per heavy atom. The van der Waals surface area contributed by atoms with Crippen molar-refractivity contribution in [2.75, 3.05) is 6.54 Å². The summed E-state index contributed by atoms with van der Waals surface area (Å²) in [5, 5.41) is 1.55. The number of nitrogens with two attached hydrogens (primary N) is 1. The number of hydrogen-bond acceptors (Lipinski definition) is 2. The summed E-state index contributed by atoms with van der Waals surface area (Å²) in [6, 6.07) is 0. The van der Waals surface area contributed by atoms with Crippen LogP contribution in [0.4, 0.5) is 0 Å². The van der Waals surface area contributed by atoms with Crippen molar-refractivity contribution in [2.45, 2.75) is 56.5 Å². The summed E-state index contributed by atoms with van der Waals surface area (Å²) in [5.41, 5.74) is 5.64. The molecule has 2 heteroatoms. The third-order valence-corrected chi connectivity index (χ3v) is 4.54. The minimum atomic E-state index is 0.653. The summed E-state index contributed by atoms with van der Waals surface area (Å²) in [5.74, 6) is 0.997. The third-order valence-electron chi connectivity index (χ3n) is 3.07. The van der Waals surface area contributed by atoms with Crippen molar-refractivity contribution in [3.05, 3.63) is 0 Å². The Labute approximate surface area is 86.8 Å². The van der Waals surface area contributed by atoms with Crippen LogP contribution < -0.4 is 5.73 Å². The van der Waals surface area contributed by atoms with Gasteiger partial charge in [0.2, 0.25) is 0 Å². The topological polar surface area (TPSA) is 26.0 Å². The lowest BCUT2D eigenvalue weighted by Gasteiger charge is -2.29. The predicted molar refractivity (Wildman–Crippen MR) is 62.1 cm³/mol. The first-order chi connectivity index (χ1) is 6.26. The molecule has 0 aliphatic heterocycles. The zero-order chi connectivity index (χ0) is 9.68. The summed E-state index contributed by atoms with van der Waals surface area (Å²) in [7, 11) is 0. The van der Waals surface area contributed by atoms with Gasteiger partial charge in [-0.15, -0.1) is 0 Å². The maximum atomic E-state index is 5.64. The second kappa shape index (κ2) is 5.92. The van der Waals surface area contributed by atoms with Gasteiger partial charge in [0.15, 0.2) is 0 Å².